The molecule has 0 saturated carbocycles. The number of carbonyl (C=O) groups is 2. The molecular formula is C5H7F2NO3. The third kappa shape index (κ3) is 5.25. The van der Waals surface area contributed by atoms with E-state index in [1.165, 1.54) is 0 Å². The predicted octanol–water partition coefficient (Wildman–Crippen LogP) is 0.477. The number of carbonyl (C=O) groups excluding carboxylic acids is 1. The maximum Gasteiger partial charge on any atom is 0.405 e. The molecule has 0 aromatic rings. The maximum absolute atomic E-state index is 11.5. The van der Waals surface area contributed by atoms with Gasteiger partial charge in [0.25, 0.3) is 0 Å². The fraction of sp³-hybridized carbons (Fsp3) is 0.600. The number of amides is 1. The van der Waals surface area contributed by atoms with E-state index < -0.39 is 25.0 Å². The molecular weight excluding hydrogens is 160 g/mol. The molecule has 0 saturated heterocycles. The van der Waals surface area contributed by atoms with Crippen molar-refractivity contribution >= 4 is 12.4 Å². The van der Waals surface area contributed by atoms with Gasteiger partial charge in [-0.3, -0.25) is 0 Å². The highest BCUT2D eigenvalue weighted by Gasteiger charge is 2.15. The summed E-state index contributed by atoms with van der Waals surface area (Å²) in [5.41, 5.74) is 0. The van der Waals surface area contributed by atoms with E-state index >= 15 is 0 Å². The van der Waals surface area contributed by atoms with Crippen molar-refractivity contribution in [3.05, 3.63) is 0 Å². The molecule has 11 heavy (non-hydrogen) atoms. The van der Waals surface area contributed by atoms with Gasteiger partial charge in [0.1, 0.15) is 6.29 Å². The first-order valence-electron chi connectivity index (χ1n) is 2.79. The number of aldehydes is 1. The van der Waals surface area contributed by atoms with Crippen LogP contribution in [0, 0.1) is 0 Å². The molecule has 0 fully saturated rings. The first-order chi connectivity index (χ1) is 5.06. The Hall–Kier alpha value is -1.20. The van der Waals surface area contributed by atoms with Gasteiger partial charge in [0.15, 0.2) is 0 Å². The summed E-state index contributed by atoms with van der Waals surface area (Å²) >= 11 is 0. The molecule has 0 heterocycles. The second-order valence-corrected chi connectivity index (χ2v) is 1.82. The van der Waals surface area contributed by atoms with Gasteiger partial charge in [-0.05, 0) is 0 Å². The molecule has 0 radical (unpaired) electrons. The van der Waals surface area contributed by atoms with Crippen LogP contribution in [-0.2, 0) is 4.79 Å². The Morgan fingerprint density at radius 3 is 2.45 bits per heavy atom. The van der Waals surface area contributed by atoms with Gasteiger partial charge >= 0.3 is 6.09 Å². The maximum atomic E-state index is 11.5. The first-order valence-corrected chi connectivity index (χ1v) is 2.79. The van der Waals surface area contributed by atoms with Crippen LogP contribution in [0.4, 0.5) is 13.6 Å². The Morgan fingerprint density at radius 2 is 2.18 bits per heavy atom. The van der Waals surface area contributed by atoms with E-state index in [1.54, 1.807) is 5.32 Å². The van der Waals surface area contributed by atoms with Crippen LogP contribution in [0.3, 0.4) is 0 Å². The smallest absolute Gasteiger partial charge is 0.405 e. The van der Waals surface area contributed by atoms with Crippen LogP contribution in [0.15, 0.2) is 0 Å². The lowest BCUT2D eigenvalue weighted by Crippen LogP contribution is -2.36. The normalized spacial score (nSPS) is 12.6. The quantitative estimate of drug-likeness (QED) is 0.598. The number of alkyl halides is 2. The SMILES string of the molecule is O=CC(CC(F)F)NC(=O)O. The lowest BCUT2D eigenvalue weighted by Gasteiger charge is -2.07. The molecule has 0 aliphatic heterocycles. The van der Waals surface area contributed by atoms with E-state index in [4.69, 9.17) is 5.11 Å². The molecule has 1 amide bonds. The monoisotopic (exact) mass is 167 g/mol. The van der Waals surface area contributed by atoms with Gasteiger partial charge in [0.05, 0.1) is 6.04 Å². The van der Waals surface area contributed by atoms with E-state index in [9.17, 15) is 18.4 Å². The summed E-state index contributed by atoms with van der Waals surface area (Å²) in [6, 6.07) is -1.31. The Morgan fingerprint density at radius 1 is 1.64 bits per heavy atom. The number of hydrogen-bond acceptors (Lipinski definition) is 2. The zero-order valence-electron chi connectivity index (χ0n) is 5.46. The summed E-state index contributed by atoms with van der Waals surface area (Å²) < 4.78 is 23.1. The van der Waals surface area contributed by atoms with Crippen LogP contribution in [0.1, 0.15) is 6.42 Å². The zero-order chi connectivity index (χ0) is 8.85. The highest BCUT2D eigenvalue weighted by atomic mass is 19.3. The average Bonchev–Trinajstić information content (AvgIpc) is 1.84. The van der Waals surface area contributed by atoms with Crippen molar-refractivity contribution in [1.82, 2.24) is 5.32 Å². The Balaban J connectivity index is 3.76. The van der Waals surface area contributed by atoms with E-state index in [0.717, 1.165) is 0 Å². The van der Waals surface area contributed by atoms with Gasteiger partial charge in [-0.2, -0.15) is 0 Å². The van der Waals surface area contributed by atoms with Crippen molar-refractivity contribution in [2.75, 3.05) is 0 Å². The van der Waals surface area contributed by atoms with Crippen molar-refractivity contribution in [1.29, 1.82) is 0 Å². The van der Waals surface area contributed by atoms with Crippen LogP contribution in [0.5, 0.6) is 0 Å². The third-order valence-electron chi connectivity index (χ3n) is 0.905. The van der Waals surface area contributed by atoms with Crippen LogP contribution in [-0.4, -0.2) is 30.0 Å². The van der Waals surface area contributed by atoms with Gasteiger partial charge in [0, 0.05) is 6.42 Å². The lowest BCUT2D eigenvalue weighted by atomic mass is 10.2. The summed E-state index contributed by atoms with van der Waals surface area (Å²) in [6.07, 6.45) is -4.81. The highest BCUT2D eigenvalue weighted by Crippen LogP contribution is 2.01. The van der Waals surface area contributed by atoms with Crippen molar-refractivity contribution in [2.24, 2.45) is 0 Å². The topological polar surface area (TPSA) is 66.4 Å². The average molecular weight is 167 g/mol. The van der Waals surface area contributed by atoms with Crippen molar-refractivity contribution < 1.29 is 23.5 Å². The number of hydrogen-bond donors (Lipinski definition) is 2. The summed E-state index contributed by atoms with van der Waals surface area (Å²) in [4.78, 5) is 19.8. The Bertz CT molecular complexity index is 151. The summed E-state index contributed by atoms with van der Waals surface area (Å²) in [5.74, 6) is 0. The Labute approximate surface area is 61.2 Å². The zero-order valence-corrected chi connectivity index (χ0v) is 5.46. The molecule has 1 unspecified atom stereocenters. The van der Waals surface area contributed by atoms with Gasteiger partial charge in [-0.25, -0.2) is 13.6 Å². The lowest BCUT2D eigenvalue weighted by molar-refractivity contribution is -0.110. The minimum atomic E-state index is -2.68. The molecule has 0 rings (SSSR count). The third-order valence-corrected chi connectivity index (χ3v) is 0.905. The number of carboxylic acid groups (broad SMARTS) is 1. The fourth-order valence-corrected chi connectivity index (χ4v) is 0.499. The second-order valence-electron chi connectivity index (χ2n) is 1.82. The Kier molecular flexibility index (Phi) is 4.09. The predicted molar refractivity (Wildman–Crippen MR) is 31.6 cm³/mol. The second kappa shape index (κ2) is 4.59. The van der Waals surface area contributed by atoms with Crippen LogP contribution in [0.2, 0.25) is 0 Å². The van der Waals surface area contributed by atoms with Crippen molar-refractivity contribution in [3.8, 4) is 0 Å². The van der Waals surface area contributed by atoms with Gasteiger partial charge < -0.3 is 15.2 Å². The molecule has 1 atom stereocenters. The minimum absolute atomic E-state index is 0.139. The van der Waals surface area contributed by atoms with Gasteiger partial charge in [-0.15, -0.1) is 0 Å². The molecule has 4 nitrogen and oxygen atoms in total. The molecule has 2 N–H and O–H groups in total. The number of rotatable bonds is 4. The molecule has 0 aliphatic carbocycles. The van der Waals surface area contributed by atoms with E-state index in [2.05, 4.69) is 0 Å². The summed E-state index contributed by atoms with van der Waals surface area (Å²) in [5, 5.41) is 9.64. The number of nitrogens with one attached hydrogen (secondary N) is 1. The van der Waals surface area contributed by atoms with E-state index in [0.29, 0.717) is 0 Å². The van der Waals surface area contributed by atoms with Crippen LogP contribution >= 0.6 is 0 Å². The molecule has 0 bridgehead atoms. The van der Waals surface area contributed by atoms with Crippen LogP contribution < -0.4 is 5.32 Å². The molecule has 0 aromatic heterocycles. The molecule has 0 spiro atoms. The van der Waals surface area contributed by atoms with Gasteiger partial charge in [-0.1, -0.05) is 0 Å². The highest BCUT2D eigenvalue weighted by molar-refractivity contribution is 5.71. The van der Waals surface area contributed by atoms with Gasteiger partial charge in [0.2, 0.25) is 6.43 Å². The standard InChI is InChI=1S/C5H7F2NO3/c6-4(7)1-3(2-9)8-5(10)11/h2-4,8H,1H2,(H,10,11). The molecule has 0 aromatic carbocycles. The van der Waals surface area contributed by atoms with Crippen molar-refractivity contribution in [2.45, 2.75) is 18.9 Å². The van der Waals surface area contributed by atoms with Crippen LogP contribution in [0.25, 0.3) is 0 Å². The first kappa shape index (κ1) is 9.80. The van der Waals surface area contributed by atoms with Crippen molar-refractivity contribution in [3.63, 3.8) is 0 Å². The van der Waals surface area contributed by atoms with E-state index in [-0.39, 0.29) is 6.29 Å². The largest absolute Gasteiger partial charge is 0.465 e. The van der Waals surface area contributed by atoms with E-state index in [1.807, 2.05) is 0 Å². The summed E-state index contributed by atoms with van der Waals surface area (Å²) in [6.45, 7) is 0. The molecule has 64 valence electrons. The summed E-state index contributed by atoms with van der Waals surface area (Å²) in [7, 11) is 0. The number of halogens is 2. The fourth-order valence-electron chi connectivity index (χ4n) is 0.499. The molecule has 0 aliphatic rings. The molecule has 6 heteroatoms. The minimum Gasteiger partial charge on any atom is -0.465 e.